The second kappa shape index (κ2) is 10.5. The first-order valence-electron chi connectivity index (χ1n) is 7.33. The Kier molecular flexibility index (Phi) is 9.08. The van der Waals surface area contributed by atoms with E-state index in [0.29, 0.717) is 6.54 Å². The summed E-state index contributed by atoms with van der Waals surface area (Å²) in [6.45, 7) is 3.50. The predicted octanol–water partition coefficient (Wildman–Crippen LogP) is 3.37. The quantitative estimate of drug-likeness (QED) is 0.405. The Bertz CT molecular complexity index is 613. The molecule has 0 aliphatic rings. The summed E-state index contributed by atoms with van der Waals surface area (Å²) in [5, 5.41) is 9.70. The molecular formula is C16H22FIN4S. The van der Waals surface area contributed by atoms with E-state index in [1.807, 2.05) is 0 Å². The van der Waals surface area contributed by atoms with Gasteiger partial charge in [-0.25, -0.2) is 9.37 Å². The molecule has 0 unspecified atom stereocenters. The molecule has 126 valence electrons. The van der Waals surface area contributed by atoms with Crippen LogP contribution >= 0.6 is 35.3 Å². The van der Waals surface area contributed by atoms with Crippen molar-refractivity contribution < 1.29 is 4.39 Å². The number of aliphatic imine (C=N–C) groups is 1. The fourth-order valence-electron chi connectivity index (χ4n) is 1.96. The SMILES string of the molecule is CCc1nc(CNC(=NC)NCCc2ccc(F)cc2)cs1.I. The minimum Gasteiger partial charge on any atom is -0.356 e. The van der Waals surface area contributed by atoms with Crippen molar-refractivity contribution in [2.24, 2.45) is 4.99 Å². The molecule has 4 nitrogen and oxygen atoms in total. The van der Waals surface area contributed by atoms with Gasteiger partial charge >= 0.3 is 0 Å². The van der Waals surface area contributed by atoms with Gasteiger partial charge in [0, 0.05) is 19.0 Å². The Morgan fingerprint density at radius 3 is 2.61 bits per heavy atom. The minimum atomic E-state index is -0.205. The highest BCUT2D eigenvalue weighted by Crippen LogP contribution is 2.09. The number of hydrogen-bond donors (Lipinski definition) is 2. The van der Waals surface area contributed by atoms with Crippen molar-refractivity contribution >= 4 is 41.3 Å². The Morgan fingerprint density at radius 2 is 2.00 bits per heavy atom. The maximum absolute atomic E-state index is 12.8. The normalized spacial score (nSPS) is 11.0. The number of aryl methyl sites for hydroxylation is 1. The Balaban J connectivity index is 0.00000264. The van der Waals surface area contributed by atoms with E-state index in [1.54, 1.807) is 30.5 Å². The van der Waals surface area contributed by atoms with E-state index in [0.717, 1.165) is 41.6 Å². The van der Waals surface area contributed by atoms with Crippen LogP contribution in [0, 0.1) is 5.82 Å². The summed E-state index contributed by atoms with van der Waals surface area (Å²) in [6, 6.07) is 6.56. The Morgan fingerprint density at radius 1 is 1.26 bits per heavy atom. The maximum Gasteiger partial charge on any atom is 0.191 e. The Labute approximate surface area is 157 Å². The molecular weight excluding hydrogens is 426 g/mol. The molecule has 0 aliphatic carbocycles. The molecule has 23 heavy (non-hydrogen) atoms. The molecule has 0 spiro atoms. The number of thiazole rings is 1. The predicted molar refractivity (Wildman–Crippen MR) is 105 cm³/mol. The van der Waals surface area contributed by atoms with Gasteiger partial charge in [-0.3, -0.25) is 4.99 Å². The molecule has 2 N–H and O–H groups in total. The molecule has 7 heteroatoms. The van der Waals surface area contributed by atoms with Crippen LogP contribution in [0.4, 0.5) is 4.39 Å². The molecule has 1 heterocycles. The monoisotopic (exact) mass is 448 g/mol. The van der Waals surface area contributed by atoms with Crippen LogP contribution in [-0.2, 0) is 19.4 Å². The summed E-state index contributed by atoms with van der Waals surface area (Å²) in [4.78, 5) is 8.69. The van der Waals surface area contributed by atoms with Gasteiger partial charge in [-0.05, 0) is 30.5 Å². The zero-order valence-corrected chi connectivity index (χ0v) is 16.5. The largest absolute Gasteiger partial charge is 0.356 e. The molecule has 0 saturated carbocycles. The second-order valence-corrected chi connectivity index (χ2v) is 5.76. The molecule has 0 atom stereocenters. The number of rotatable bonds is 6. The van der Waals surface area contributed by atoms with Crippen LogP contribution in [0.2, 0.25) is 0 Å². The lowest BCUT2D eigenvalue weighted by Gasteiger charge is -2.11. The fourth-order valence-corrected chi connectivity index (χ4v) is 2.71. The highest BCUT2D eigenvalue weighted by molar-refractivity contribution is 14.0. The first-order valence-corrected chi connectivity index (χ1v) is 8.21. The van der Waals surface area contributed by atoms with Crippen LogP contribution in [0.3, 0.4) is 0 Å². The van der Waals surface area contributed by atoms with Crippen molar-refractivity contribution in [2.75, 3.05) is 13.6 Å². The number of guanidine groups is 1. The third kappa shape index (κ3) is 6.82. The van der Waals surface area contributed by atoms with Crippen LogP contribution in [0.15, 0.2) is 34.6 Å². The third-order valence-electron chi connectivity index (χ3n) is 3.18. The van der Waals surface area contributed by atoms with Crippen molar-refractivity contribution in [3.05, 3.63) is 51.7 Å². The molecule has 0 fully saturated rings. The molecule has 2 aromatic rings. The lowest BCUT2D eigenvalue weighted by molar-refractivity contribution is 0.626. The van der Waals surface area contributed by atoms with Gasteiger partial charge in [0.15, 0.2) is 5.96 Å². The standard InChI is InChI=1S/C16H21FN4S.HI/c1-3-15-21-14(11-22-15)10-20-16(18-2)19-9-8-12-4-6-13(17)7-5-12;/h4-7,11H,3,8-10H2,1-2H3,(H2,18,19,20);1H. The van der Waals surface area contributed by atoms with Crippen molar-refractivity contribution in [3.63, 3.8) is 0 Å². The lowest BCUT2D eigenvalue weighted by Crippen LogP contribution is -2.37. The van der Waals surface area contributed by atoms with Gasteiger partial charge in [0.25, 0.3) is 0 Å². The molecule has 1 aromatic heterocycles. The number of hydrogen-bond acceptors (Lipinski definition) is 3. The van der Waals surface area contributed by atoms with E-state index >= 15 is 0 Å². The van der Waals surface area contributed by atoms with Crippen molar-refractivity contribution in [2.45, 2.75) is 26.3 Å². The molecule has 0 saturated heterocycles. The van der Waals surface area contributed by atoms with E-state index in [-0.39, 0.29) is 29.8 Å². The molecule has 0 amide bonds. The second-order valence-electron chi connectivity index (χ2n) is 4.82. The topological polar surface area (TPSA) is 49.3 Å². The van der Waals surface area contributed by atoms with E-state index < -0.39 is 0 Å². The van der Waals surface area contributed by atoms with Gasteiger partial charge < -0.3 is 10.6 Å². The van der Waals surface area contributed by atoms with Crippen LogP contribution in [0.5, 0.6) is 0 Å². The smallest absolute Gasteiger partial charge is 0.191 e. The molecule has 0 bridgehead atoms. The van der Waals surface area contributed by atoms with Crippen molar-refractivity contribution in [1.29, 1.82) is 0 Å². The van der Waals surface area contributed by atoms with E-state index in [1.165, 1.54) is 12.1 Å². The number of halogens is 2. The van der Waals surface area contributed by atoms with Crippen LogP contribution in [-0.4, -0.2) is 24.5 Å². The lowest BCUT2D eigenvalue weighted by atomic mass is 10.1. The minimum absolute atomic E-state index is 0. The van der Waals surface area contributed by atoms with Crippen molar-refractivity contribution in [1.82, 2.24) is 15.6 Å². The molecule has 1 aromatic carbocycles. The third-order valence-corrected chi connectivity index (χ3v) is 4.22. The fraction of sp³-hybridized carbons (Fsp3) is 0.375. The van der Waals surface area contributed by atoms with Crippen molar-refractivity contribution in [3.8, 4) is 0 Å². The number of benzene rings is 1. The average Bonchev–Trinajstić information content (AvgIpc) is 3.00. The molecule has 2 rings (SSSR count). The van der Waals surface area contributed by atoms with Gasteiger partial charge in [-0.2, -0.15) is 0 Å². The maximum atomic E-state index is 12.8. The van der Waals surface area contributed by atoms with E-state index in [2.05, 4.69) is 32.9 Å². The first-order chi connectivity index (χ1) is 10.7. The Hall–Kier alpha value is -1.22. The summed E-state index contributed by atoms with van der Waals surface area (Å²) in [5.74, 6) is 0.539. The number of nitrogens with zero attached hydrogens (tertiary/aromatic N) is 2. The highest BCUT2D eigenvalue weighted by atomic mass is 127. The van der Waals surface area contributed by atoms with Gasteiger partial charge in [-0.1, -0.05) is 19.1 Å². The van der Waals surface area contributed by atoms with Gasteiger partial charge in [0.05, 0.1) is 17.2 Å². The van der Waals surface area contributed by atoms with Gasteiger partial charge in [0.2, 0.25) is 0 Å². The zero-order valence-electron chi connectivity index (χ0n) is 13.3. The first kappa shape index (κ1) is 19.8. The summed E-state index contributed by atoms with van der Waals surface area (Å²) in [5.41, 5.74) is 2.12. The average molecular weight is 448 g/mol. The van der Waals surface area contributed by atoms with E-state index in [4.69, 9.17) is 0 Å². The van der Waals surface area contributed by atoms with Crippen LogP contribution in [0.1, 0.15) is 23.2 Å². The summed E-state index contributed by atoms with van der Waals surface area (Å²) < 4.78 is 12.8. The summed E-state index contributed by atoms with van der Waals surface area (Å²) in [7, 11) is 1.74. The van der Waals surface area contributed by atoms with Crippen LogP contribution in [0.25, 0.3) is 0 Å². The number of aromatic nitrogens is 1. The summed E-state index contributed by atoms with van der Waals surface area (Å²) >= 11 is 1.68. The zero-order chi connectivity index (χ0) is 15.8. The highest BCUT2D eigenvalue weighted by Gasteiger charge is 2.02. The van der Waals surface area contributed by atoms with Gasteiger partial charge in [0.1, 0.15) is 5.82 Å². The van der Waals surface area contributed by atoms with E-state index in [9.17, 15) is 4.39 Å². The van der Waals surface area contributed by atoms with Crippen LogP contribution < -0.4 is 10.6 Å². The number of nitrogens with one attached hydrogen (secondary N) is 2. The summed E-state index contributed by atoms with van der Waals surface area (Å²) in [6.07, 6.45) is 1.78. The molecule has 0 radical (unpaired) electrons. The molecule has 0 aliphatic heterocycles. The van der Waals surface area contributed by atoms with Gasteiger partial charge in [-0.15, -0.1) is 35.3 Å².